The molecule has 1 unspecified atom stereocenters. The Morgan fingerprint density at radius 2 is 2.26 bits per heavy atom. The van der Waals surface area contributed by atoms with E-state index in [1.54, 1.807) is 30.2 Å². The summed E-state index contributed by atoms with van der Waals surface area (Å²) in [6, 6.07) is 5.15. The molecule has 1 aromatic carbocycles. The van der Waals surface area contributed by atoms with E-state index in [-0.39, 0.29) is 16.3 Å². The smallest absolute Gasteiger partial charge is 0.228 e. The fourth-order valence-corrected chi connectivity index (χ4v) is 3.18. The first kappa shape index (κ1) is 14.2. The van der Waals surface area contributed by atoms with Crippen LogP contribution in [0.2, 0.25) is 5.02 Å². The van der Waals surface area contributed by atoms with E-state index in [1.165, 1.54) is 18.7 Å². The molecule has 2 rings (SSSR count). The normalized spacial score (nSPS) is 18.8. The van der Waals surface area contributed by atoms with Gasteiger partial charge in [-0.2, -0.15) is 0 Å². The zero-order valence-corrected chi connectivity index (χ0v) is 12.3. The Balaban J connectivity index is 2.25. The molecule has 1 saturated heterocycles. The summed E-state index contributed by atoms with van der Waals surface area (Å²) < 4.78 is 5.25. The zero-order chi connectivity index (χ0) is 14.0. The van der Waals surface area contributed by atoms with Gasteiger partial charge in [-0.25, -0.2) is 0 Å². The molecule has 19 heavy (non-hydrogen) atoms. The molecule has 0 spiro atoms. The van der Waals surface area contributed by atoms with Crippen LogP contribution in [0.3, 0.4) is 0 Å². The molecular weight excluding hydrogens is 286 g/mol. The van der Waals surface area contributed by atoms with Crippen molar-refractivity contribution in [2.24, 2.45) is 0 Å². The summed E-state index contributed by atoms with van der Waals surface area (Å²) in [6.45, 7) is 2.01. The predicted octanol–water partition coefficient (Wildman–Crippen LogP) is 2.73. The summed E-state index contributed by atoms with van der Waals surface area (Å²) in [4.78, 5) is 24.8. The SMILES string of the molecule is COc1ccc(Cl)cc1N1CC(SC(C)=O)CC1=O. The summed E-state index contributed by atoms with van der Waals surface area (Å²) in [5.74, 6) is 0.588. The largest absolute Gasteiger partial charge is 0.495 e. The average molecular weight is 300 g/mol. The Morgan fingerprint density at radius 3 is 2.89 bits per heavy atom. The molecular formula is C13H14ClNO3S. The van der Waals surface area contributed by atoms with E-state index >= 15 is 0 Å². The number of carbonyl (C=O) groups excluding carboxylic acids is 2. The Bertz CT molecular complexity index is 521. The van der Waals surface area contributed by atoms with E-state index in [4.69, 9.17) is 16.3 Å². The van der Waals surface area contributed by atoms with Crippen LogP contribution in [0.4, 0.5) is 5.69 Å². The lowest BCUT2D eigenvalue weighted by Gasteiger charge is -2.19. The minimum Gasteiger partial charge on any atom is -0.495 e. The highest BCUT2D eigenvalue weighted by Crippen LogP contribution is 2.36. The van der Waals surface area contributed by atoms with E-state index in [2.05, 4.69) is 0 Å². The van der Waals surface area contributed by atoms with Gasteiger partial charge in [0, 0.05) is 30.2 Å². The minimum absolute atomic E-state index is 0.00584. The summed E-state index contributed by atoms with van der Waals surface area (Å²) >= 11 is 7.17. The first-order valence-corrected chi connectivity index (χ1v) is 7.08. The molecule has 1 amide bonds. The van der Waals surface area contributed by atoms with E-state index in [0.29, 0.717) is 29.4 Å². The van der Waals surface area contributed by atoms with Crippen LogP contribution in [0.15, 0.2) is 18.2 Å². The number of thioether (sulfide) groups is 1. The molecule has 1 aromatic rings. The quantitative estimate of drug-likeness (QED) is 0.861. The van der Waals surface area contributed by atoms with Gasteiger partial charge in [-0.15, -0.1) is 0 Å². The molecule has 0 saturated carbocycles. The van der Waals surface area contributed by atoms with Crippen LogP contribution >= 0.6 is 23.4 Å². The van der Waals surface area contributed by atoms with Crippen molar-refractivity contribution < 1.29 is 14.3 Å². The van der Waals surface area contributed by atoms with Crippen molar-refractivity contribution in [1.82, 2.24) is 0 Å². The zero-order valence-electron chi connectivity index (χ0n) is 10.7. The maximum absolute atomic E-state index is 12.0. The van der Waals surface area contributed by atoms with Gasteiger partial charge < -0.3 is 9.64 Å². The second-order valence-electron chi connectivity index (χ2n) is 4.26. The van der Waals surface area contributed by atoms with Crippen molar-refractivity contribution in [3.8, 4) is 5.75 Å². The highest BCUT2D eigenvalue weighted by Gasteiger charge is 2.33. The Labute approximate surface area is 121 Å². The van der Waals surface area contributed by atoms with Crippen LogP contribution in [-0.2, 0) is 9.59 Å². The van der Waals surface area contributed by atoms with Gasteiger partial charge in [0.2, 0.25) is 5.91 Å². The molecule has 0 bridgehead atoms. The number of halogens is 1. The standard InChI is InChI=1S/C13H14ClNO3S/c1-8(16)19-10-6-13(17)15(7-10)11-5-9(14)3-4-12(11)18-2/h3-5,10H,6-7H2,1-2H3. The molecule has 0 radical (unpaired) electrons. The van der Waals surface area contributed by atoms with Crippen molar-refractivity contribution in [3.63, 3.8) is 0 Å². The van der Waals surface area contributed by atoms with Crippen LogP contribution in [0.25, 0.3) is 0 Å². The number of methoxy groups -OCH3 is 1. The molecule has 4 nitrogen and oxygen atoms in total. The number of anilines is 1. The van der Waals surface area contributed by atoms with Crippen molar-refractivity contribution in [2.45, 2.75) is 18.6 Å². The number of ether oxygens (including phenoxy) is 1. The Morgan fingerprint density at radius 1 is 1.53 bits per heavy atom. The predicted molar refractivity (Wildman–Crippen MR) is 77.0 cm³/mol. The topological polar surface area (TPSA) is 46.6 Å². The van der Waals surface area contributed by atoms with Crippen LogP contribution in [0, 0.1) is 0 Å². The van der Waals surface area contributed by atoms with E-state index < -0.39 is 0 Å². The van der Waals surface area contributed by atoms with Crippen molar-refractivity contribution in [2.75, 3.05) is 18.6 Å². The summed E-state index contributed by atoms with van der Waals surface area (Å²) in [5, 5.41) is 0.567. The van der Waals surface area contributed by atoms with Gasteiger partial charge in [0.15, 0.2) is 5.12 Å². The number of benzene rings is 1. The highest BCUT2D eigenvalue weighted by atomic mass is 35.5. The summed E-state index contributed by atoms with van der Waals surface area (Å²) in [7, 11) is 1.55. The minimum atomic E-state index is -0.0145. The Hall–Kier alpha value is -1.20. The molecule has 0 aromatic heterocycles. The van der Waals surface area contributed by atoms with Crippen LogP contribution in [-0.4, -0.2) is 29.9 Å². The lowest BCUT2D eigenvalue weighted by atomic mass is 10.2. The monoisotopic (exact) mass is 299 g/mol. The van der Waals surface area contributed by atoms with E-state index in [9.17, 15) is 9.59 Å². The average Bonchev–Trinajstić information content (AvgIpc) is 2.69. The van der Waals surface area contributed by atoms with Gasteiger partial charge >= 0.3 is 0 Å². The van der Waals surface area contributed by atoms with Gasteiger partial charge in [0.1, 0.15) is 5.75 Å². The molecule has 1 atom stereocenters. The summed E-state index contributed by atoms with van der Waals surface area (Å²) in [5.41, 5.74) is 0.659. The third-order valence-corrected chi connectivity index (χ3v) is 4.07. The van der Waals surface area contributed by atoms with Crippen molar-refractivity contribution in [3.05, 3.63) is 23.2 Å². The number of nitrogens with zero attached hydrogens (tertiary/aromatic N) is 1. The summed E-state index contributed by atoms with van der Waals surface area (Å²) in [6.07, 6.45) is 0.361. The first-order chi connectivity index (χ1) is 9.01. The first-order valence-electron chi connectivity index (χ1n) is 5.82. The van der Waals surface area contributed by atoms with Gasteiger partial charge in [-0.05, 0) is 18.2 Å². The maximum atomic E-state index is 12.0. The number of hydrogen-bond donors (Lipinski definition) is 0. The lowest BCUT2D eigenvalue weighted by Crippen LogP contribution is -2.25. The molecule has 6 heteroatoms. The third kappa shape index (κ3) is 3.22. The molecule has 102 valence electrons. The molecule has 1 aliphatic heterocycles. The number of rotatable bonds is 3. The van der Waals surface area contributed by atoms with Gasteiger partial charge in [-0.3, -0.25) is 9.59 Å². The fraction of sp³-hybridized carbons (Fsp3) is 0.385. The van der Waals surface area contributed by atoms with Crippen molar-refractivity contribution >= 4 is 40.1 Å². The second kappa shape index (κ2) is 5.84. The molecule has 0 N–H and O–H groups in total. The van der Waals surface area contributed by atoms with Crippen LogP contribution < -0.4 is 9.64 Å². The van der Waals surface area contributed by atoms with Crippen LogP contribution in [0.1, 0.15) is 13.3 Å². The third-order valence-electron chi connectivity index (χ3n) is 2.85. The molecule has 1 heterocycles. The number of hydrogen-bond acceptors (Lipinski definition) is 4. The number of amides is 1. The fourth-order valence-electron chi connectivity index (χ4n) is 2.10. The lowest BCUT2D eigenvalue weighted by molar-refractivity contribution is -0.117. The van der Waals surface area contributed by atoms with Gasteiger partial charge in [0.25, 0.3) is 0 Å². The van der Waals surface area contributed by atoms with Crippen LogP contribution in [0.5, 0.6) is 5.75 Å². The van der Waals surface area contributed by atoms with Gasteiger partial charge in [0.05, 0.1) is 12.8 Å². The highest BCUT2D eigenvalue weighted by molar-refractivity contribution is 8.14. The molecule has 1 aliphatic rings. The maximum Gasteiger partial charge on any atom is 0.228 e. The van der Waals surface area contributed by atoms with Gasteiger partial charge in [-0.1, -0.05) is 23.4 Å². The van der Waals surface area contributed by atoms with E-state index in [0.717, 1.165) is 0 Å². The Kier molecular flexibility index (Phi) is 4.37. The van der Waals surface area contributed by atoms with E-state index in [1.807, 2.05) is 0 Å². The molecule has 1 fully saturated rings. The number of carbonyl (C=O) groups is 2. The molecule has 0 aliphatic carbocycles. The second-order valence-corrected chi connectivity index (χ2v) is 6.17. The van der Waals surface area contributed by atoms with Crippen molar-refractivity contribution in [1.29, 1.82) is 0 Å².